The van der Waals surface area contributed by atoms with Crippen LogP contribution in [0.5, 0.6) is 0 Å². The minimum Gasteiger partial charge on any atom is -0.461 e. The van der Waals surface area contributed by atoms with Crippen molar-refractivity contribution in [3.05, 3.63) is 61.0 Å². The summed E-state index contributed by atoms with van der Waals surface area (Å²) in [5.74, 6) is 13.6. The first-order chi connectivity index (χ1) is 42.9. The van der Waals surface area contributed by atoms with Crippen LogP contribution in [0.15, 0.2) is 55.3 Å². The van der Waals surface area contributed by atoms with Crippen molar-refractivity contribution in [2.45, 2.75) is 259 Å². The van der Waals surface area contributed by atoms with Gasteiger partial charge in [0.25, 0.3) is 0 Å². The van der Waals surface area contributed by atoms with Gasteiger partial charge in [-0.25, -0.2) is 9.48 Å². The molecule has 15 nitrogen and oxygen atoms in total. The van der Waals surface area contributed by atoms with E-state index in [-0.39, 0.29) is 36.0 Å². The van der Waals surface area contributed by atoms with Gasteiger partial charge in [0.15, 0.2) is 11.5 Å². The molecule has 12 aliphatic rings. The molecule has 0 aliphatic heterocycles. The van der Waals surface area contributed by atoms with Crippen LogP contribution in [-0.4, -0.2) is 95.5 Å². The number of aromatic nitrogens is 9. The summed E-state index contributed by atoms with van der Waals surface area (Å²) in [6.07, 6.45) is 40.5. The van der Waals surface area contributed by atoms with Gasteiger partial charge in [0, 0.05) is 12.1 Å². The molecule has 3 aromatic heterocycles. The lowest BCUT2D eigenvalue weighted by Gasteiger charge is -2.58. The fourth-order valence-corrected chi connectivity index (χ4v) is 25.5. The molecule has 0 amide bonds. The molecule has 3 aromatic rings. The number of esters is 1. The topological polar surface area (TPSA) is 196 Å². The minimum absolute atomic E-state index is 0.0466. The third-order valence-corrected chi connectivity index (χ3v) is 29.7. The van der Waals surface area contributed by atoms with E-state index in [1.807, 2.05) is 17.8 Å². The van der Waals surface area contributed by atoms with Crippen LogP contribution < -0.4 is 0 Å². The summed E-state index contributed by atoms with van der Waals surface area (Å²) in [5.41, 5.74) is 2.40. The Kier molecular flexibility index (Phi) is 17.9. The second-order valence-electron chi connectivity index (χ2n) is 34.4. The summed E-state index contributed by atoms with van der Waals surface area (Å²) in [6.45, 7) is 28.8. The minimum atomic E-state index is -0.498. The Bertz CT molecular complexity index is 3030. The Morgan fingerprint density at radius 1 is 0.533 bits per heavy atom. The number of allylic oxidation sites excluding steroid dienone is 2. The molecule has 15 heteroatoms. The van der Waals surface area contributed by atoms with Gasteiger partial charge in [0.2, 0.25) is 0 Å². The molecule has 0 unspecified atom stereocenters. The van der Waals surface area contributed by atoms with Crippen LogP contribution >= 0.6 is 0 Å². The quantitative estimate of drug-likeness (QED) is 0.122. The molecule has 0 spiro atoms. The number of Topliss-reactive ketones (excluding diaryl/α,β-unsaturated/α-hetero) is 1. The molecule has 496 valence electrons. The Morgan fingerprint density at radius 3 is 1.52 bits per heavy atom. The third kappa shape index (κ3) is 12.0. The van der Waals surface area contributed by atoms with Gasteiger partial charge in [-0.05, 0) is 317 Å². The summed E-state index contributed by atoms with van der Waals surface area (Å²) in [4.78, 5) is 28.4. The zero-order valence-corrected chi connectivity index (χ0v) is 56.6. The van der Waals surface area contributed by atoms with Crippen LogP contribution in [0.3, 0.4) is 0 Å². The normalized spacial score (nSPS) is 46.2. The number of carbonyl (C=O) groups excluding carboxylic acids is 2. The molecule has 0 aromatic carbocycles. The lowest BCUT2D eigenvalue weighted by atomic mass is 9.48. The van der Waals surface area contributed by atoms with E-state index in [2.05, 4.69) is 85.4 Å². The number of ether oxygens (including phenoxy) is 1. The number of carbonyl (C=O) groups is 2. The fourth-order valence-electron chi connectivity index (χ4n) is 25.5. The van der Waals surface area contributed by atoms with E-state index < -0.39 is 22.8 Å². The van der Waals surface area contributed by atoms with Crippen LogP contribution in [0.2, 0.25) is 0 Å². The Hall–Kier alpha value is -4.08. The average Bonchev–Trinajstić information content (AvgIpc) is 1.46. The number of hydrogen-bond donors (Lipinski definition) is 3. The molecule has 12 saturated carbocycles. The van der Waals surface area contributed by atoms with Crippen molar-refractivity contribution in [1.29, 1.82) is 0 Å². The van der Waals surface area contributed by atoms with Gasteiger partial charge < -0.3 is 20.1 Å². The molecule has 0 radical (unpaired) electrons. The lowest BCUT2D eigenvalue weighted by molar-refractivity contribution is -0.133. The summed E-state index contributed by atoms with van der Waals surface area (Å²) in [6, 6.07) is 0. The van der Waals surface area contributed by atoms with E-state index in [0.29, 0.717) is 40.4 Å². The van der Waals surface area contributed by atoms with E-state index >= 15 is 0 Å². The average molecular weight is 1240 g/mol. The van der Waals surface area contributed by atoms with Gasteiger partial charge in [0.1, 0.15) is 6.54 Å². The Labute approximate surface area is 538 Å². The second kappa shape index (κ2) is 24.9. The highest BCUT2D eigenvalue weighted by atomic mass is 16.5. The molecule has 12 aliphatic carbocycles. The van der Waals surface area contributed by atoms with Gasteiger partial charge in [-0.3, -0.25) is 4.79 Å². The molecule has 90 heavy (non-hydrogen) atoms. The van der Waals surface area contributed by atoms with E-state index in [1.165, 1.54) is 138 Å². The van der Waals surface area contributed by atoms with Crippen molar-refractivity contribution in [2.75, 3.05) is 6.61 Å². The first kappa shape index (κ1) is 64.6. The van der Waals surface area contributed by atoms with Crippen LogP contribution in [-0.2, 0) is 29.2 Å². The molecule has 0 bridgehead atoms. The van der Waals surface area contributed by atoms with Gasteiger partial charge in [-0.15, -0.1) is 10.2 Å². The van der Waals surface area contributed by atoms with Crippen LogP contribution in [0, 0.1) is 129 Å². The van der Waals surface area contributed by atoms with Crippen molar-refractivity contribution in [3.8, 4) is 0 Å². The molecule has 25 atom stereocenters. The van der Waals surface area contributed by atoms with Crippen LogP contribution in [0.1, 0.15) is 233 Å². The number of rotatable bonds is 11. The van der Waals surface area contributed by atoms with Crippen LogP contribution in [0.25, 0.3) is 0 Å². The van der Waals surface area contributed by atoms with E-state index in [4.69, 9.17) is 4.74 Å². The van der Waals surface area contributed by atoms with Gasteiger partial charge in [-0.2, -0.15) is 24.9 Å². The zero-order chi connectivity index (χ0) is 63.3. The van der Waals surface area contributed by atoms with Crippen molar-refractivity contribution < 1.29 is 29.6 Å². The first-order valence-corrected chi connectivity index (χ1v) is 36.7. The standard InChI is InChI=1S/C26H39N3O4.C25H39N3O.C24H37N3O/c1-4-33-24(31)22-14-27-29(28-22)15-23(30)21-8-7-20-19-6-5-16-13-25(2,32)11-9-17(16)18(19)10-12-26(20,21)3;1-16(15-28-26-11-12-27-28)22-7-8-23-20-6-5-18-14-25(4,29)17(2)13-21(18)19(20)9-10-24(22,23)3;1-16(15-27-13-12-25-26-27)21-6-7-22-20-5-4-17-14-23(2,28)10-8-18(17)19(20)9-11-24(21,22)3/h14,16-21,32H,4-13,15H2,1-3H3;11-12,17-23,29H,1,5-10,13-15H2,2-4H3;12-13,17-22,28H,1,4-11,14-15H2,2-3H3/t16-,17+,18-,19-,20+,21-,25-,26+;17-,18-,19-,20+,21-,22+,23-,24+,25-;17-,18-,19+,20+,21+,22-,23+,24+/m100/s1. The second-order valence-corrected chi connectivity index (χ2v) is 34.4. The van der Waals surface area contributed by atoms with Crippen molar-refractivity contribution in [3.63, 3.8) is 0 Å². The van der Waals surface area contributed by atoms with Gasteiger partial charge >= 0.3 is 5.97 Å². The maximum absolute atomic E-state index is 13.4. The van der Waals surface area contributed by atoms with Crippen molar-refractivity contribution in [1.82, 2.24) is 45.0 Å². The summed E-state index contributed by atoms with van der Waals surface area (Å²) in [7, 11) is 0. The number of fused-ring (bicyclic) bond motifs is 15. The molecular weight excluding hydrogens is 1120 g/mol. The largest absolute Gasteiger partial charge is 0.461 e. The van der Waals surface area contributed by atoms with Gasteiger partial charge in [0.05, 0.1) is 61.3 Å². The first-order valence-electron chi connectivity index (χ1n) is 36.7. The number of aliphatic hydroxyl groups is 3. The van der Waals surface area contributed by atoms with Crippen LogP contribution in [0.4, 0.5) is 0 Å². The SMILES string of the molecule is C=C(Cn1ccnn1)[C@H]1CC[C@H]2[C@@H]3CC[C@H]4C[C@](C)(O)CC[C@@H]4[C@H]3CC[C@]12C.C=C(Cn1nccn1)[C@H]1CC[C@H]2[C@@H]3CC[C@H]4C[C@](C)(O)[C@@H](C)C[C@@H]4[C@H]3CC[C@]12C.CCOC(=O)c1cnn(CC(=O)[C@H]2CC[C@H]3[C@@H]4CC[C@@H]5C[C@](C)(O)CC[C@@H]5[C@H]4CC[C@]23C)n1. The van der Waals surface area contributed by atoms with Crippen molar-refractivity contribution >= 4 is 11.8 Å². The molecule has 3 heterocycles. The highest BCUT2D eigenvalue weighted by Crippen LogP contribution is 2.69. The predicted octanol–water partition coefficient (Wildman–Crippen LogP) is 14.0. The summed E-state index contributed by atoms with van der Waals surface area (Å²) >= 11 is 0. The number of hydrogen-bond acceptors (Lipinski definition) is 12. The number of nitrogens with zero attached hydrogens (tertiary/aromatic N) is 9. The smallest absolute Gasteiger partial charge is 0.360 e. The molecule has 3 N–H and O–H groups in total. The maximum atomic E-state index is 13.4. The molecular formula is C75H115N9O6. The predicted molar refractivity (Wildman–Crippen MR) is 348 cm³/mol. The zero-order valence-electron chi connectivity index (χ0n) is 56.6. The van der Waals surface area contributed by atoms with Gasteiger partial charge in [-0.1, -0.05) is 57.2 Å². The van der Waals surface area contributed by atoms with E-state index in [9.17, 15) is 24.9 Å². The lowest BCUT2D eigenvalue weighted by Crippen LogP contribution is -2.52. The Morgan fingerprint density at radius 2 is 1.01 bits per heavy atom. The number of ketones is 1. The van der Waals surface area contributed by atoms with E-state index in [0.717, 1.165) is 141 Å². The molecule has 12 fully saturated rings. The highest BCUT2D eigenvalue weighted by Gasteiger charge is 2.62. The maximum Gasteiger partial charge on any atom is 0.360 e. The monoisotopic (exact) mass is 1240 g/mol. The fraction of sp³-hybridized carbons (Fsp3) is 0.840. The summed E-state index contributed by atoms with van der Waals surface area (Å²) in [5, 5.41) is 57.1. The third-order valence-electron chi connectivity index (χ3n) is 29.7. The van der Waals surface area contributed by atoms with Crippen molar-refractivity contribution in [2.24, 2.45) is 129 Å². The van der Waals surface area contributed by atoms with E-state index in [1.54, 1.807) is 30.3 Å². The molecule has 15 rings (SSSR count). The molecule has 0 saturated heterocycles. The Balaban J connectivity index is 0.000000124. The summed E-state index contributed by atoms with van der Waals surface area (Å²) < 4.78 is 6.91. The highest BCUT2D eigenvalue weighted by molar-refractivity contribution is 5.87.